The van der Waals surface area contributed by atoms with Crippen LogP contribution >= 0.6 is 11.6 Å². The van der Waals surface area contributed by atoms with E-state index in [9.17, 15) is 18.0 Å². The molecule has 0 aliphatic rings. The summed E-state index contributed by atoms with van der Waals surface area (Å²) in [5, 5.41) is 3.31. The first-order chi connectivity index (χ1) is 18.7. The highest BCUT2D eigenvalue weighted by Crippen LogP contribution is 2.28. The third kappa shape index (κ3) is 8.08. The molecule has 1 N–H and O–H groups in total. The van der Waals surface area contributed by atoms with Crippen LogP contribution in [0.4, 0.5) is 5.69 Å². The van der Waals surface area contributed by atoms with Crippen LogP contribution in [-0.4, -0.2) is 49.8 Å². The smallest absolute Gasteiger partial charge is 0.264 e. The van der Waals surface area contributed by atoms with E-state index in [4.69, 9.17) is 11.6 Å². The third-order valence-corrected chi connectivity index (χ3v) is 8.68. The third-order valence-electron chi connectivity index (χ3n) is 6.48. The van der Waals surface area contributed by atoms with Crippen molar-refractivity contribution >= 4 is 39.1 Å². The zero-order valence-electron chi connectivity index (χ0n) is 23.9. The standard InChI is InChI=1S/C31H38ClN3O4S/c1-22-12-16-27(17-13-22)40(38,39)35(26-15-14-23(2)28(32)20-26)21-29(36)34(19-18-25-10-8-7-9-11-25)24(3)30(37)33-31(4,5)6/h7-17,20,24H,18-19,21H2,1-6H3,(H,33,37)/t24-/m0/s1. The number of sulfonamides is 1. The van der Waals surface area contributed by atoms with Gasteiger partial charge in [-0.1, -0.05) is 65.7 Å². The summed E-state index contributed by atoms with van der Waals surface area (Å²) in [6.07, 6.45) is 0.501. The van der Waals surface area contributed by atoms with E-state index in [-0.39, 0.29) is 23.0 Å². The van der Waals surface area contributed by atoms with Gasteiger partial charge in [0.05, 0.1) is 10.6 Å². The van der Waals surface area contributed by atoms with Crippen molar-refractivity contribution < 1.29 is 18.0 Å². The molecule has 0 heterocycles. The Morgan fingerprint density at radius 2 is 1.57 bits per heavy atom. The van der Waals surface area contributed by atoms with E-state index < -0.39 is 34.1 Å². The predicted molar refractivity (Wildman–Crippen MR) is 161 cm³/mol. The number of nitrogens with one attached hydrogen (secondary N) is 1. The molecule has 0 spiro atoms. The second-order valence-electron chi connectivity index (χ2n) is 11.0. The highest BCUT2D eigenvalue weighted by atomic mass is 35.5. The molecule has 0 saturated carbocycles. The molecule has 0 fully saturated rings. The number of hydrogen-bond donors (Lipinski definition) is 1. The van der Waals surface area contributed by atoms with Gasteiger partial charge in [0.15, 0.2) is 0 Å². The Balaban J connectivity index is 2.01. The van der Waals surface area contributed by atoms with Crippen molar-refractivity contribution in [3.63, 3.8) is 0 Å². The summed E-state index contributed by atoms with van der Waals surface area (Å²) >= 11 is 6.38. The molecule has 0 aliphatic heterocycles. The summed E-state index contributed by atoms with van der Waals surface area (Å²) in [6.45, 7) is 10.7. The number of benzene rings is 3. The molecule has 0 radical (unpaired) electrons. The first kappa shape index (κ1) is 31.2. The highest BCUT2D eigenvalue weighted by Gasteiger charge is 2.33. The van der Waals surface area contributed by atoms with E-state index >= 15 is 0 Å². The van der Waals surface area contributed by atoms with Crippen molar-refractivity contribution in [1.82, 2.24) is 10.2 Å². The molecular formula is C31H38ClN3O4S. The van der Waals surface area contributed by atoms with Gasteiger partial charge < -0.3 is 10.2 Å². The Hall–Kier alpha value is -3.36. The lowest BCUT2D eigenvalue weighted by Gasteiger charge is -2.33. The maximum absolute atomic E-state index is 14.0. The quantitative estimate of drug-likeness (QED) is 0.340. The average molecular weight is 584 g/mol. The molecule has 0 bridgehead atoms. The van der Waals surface area contributed by atoms with Gasteiger partial charge in [0, 0.05) is 17.1 Å². The topological polar surface area (TPSA) is 86.8 Å². The van der Waals surface area contributed by atoms with E-state index in [0.29, 0.717) is 11.4 Å². The van der Waals surface area contributed by atoms with Gasteiger partial charge in [0.2, 0.25) is 11.8 Å². The van der Waals surface area contributed by atoms with Gasteiger partial charge in [-0.05, 0) is 83.4 Å². The fraction of sp³-hybridized carbons (Fsp3) is 0.355. The number of aryl methyl sites for hydroxylation is 2. The van der Waals surface area contributed by atoms with Gasteiger partial charge in [0.1, 0.15) is 12.6 Å². The molecule has 1 atom stereocenters. The molecule has 0 unspecified atom stereocenters. The predicted octanol–water partition coefficient (Wildman–Crippen LogP) is 5.53. The van der Waals surface area contributed by atoms with Gasteiger partial charge >= 0.3 is 0 Å². The van der Waals surface area contributed by atoms with Crippen LogP contribution in [0.1, 0.15) is 44.4 Å². The molecule has 214 valence electrons. The minimum Gasteiger partial charge on any atom is -0.350 e. The molecule has 7 nitrogen and oxygen atoms in total. The second-order valence-corrected chi connectivity index (χ2v) is 13.3. The van der Waals surface area contributed by atoms with Crippen LogP contribution in [0.25, 0.3) is 0 Å². The van der Waals surface area contributed by atoms with E-state index in [1.54, 1.807) is 37.3 Å². The summed E-state index contributed by atoms with van der Waals surface area (Å²) in [5.41, 5.74) is 2.45. The number of carbonyl (C=O) groups is 2. The summed E-state index contributed by atoms with van der Waals surface area (Å²) in [7, 11) is -4.14. The summed E-state index contributed by atoms with van der Waals surface area (Å²) in [6, 6.07) is 20.1. The fourth-order valence-electron chi connectivity index (χ4n) is 4.15. The molecule has 3 aromatic rings. The normalized spacial score (nSPS) is 12.5. The maximum atomic E-state index is 14.0. The van der Waals surface area contributed by atoms with Gasteiger partial charge in [0.25, 0.3) is 10.0 Å². The number of nitrogens with zero attached hydrogens (tertiary/aromatic N) is 2. The van der Waals surface area contributed by atoms with Crippen molar-refractivity contribution in [2.24, 2.45) is 0 Å². The fourth-order valence-corrected chi connectivity index (χ4v) is 5.73. The Labute approximate surface area is 243 Å². The Bertz CT molecular complexity index is 1440. The monoisotopic (exact) mass is 583 g/mol. The summed E-state index contributed by atoms with van der Waals surface area (Å²) in [5.74, 6) is -0.819. The van der Waals surface area contributed by atoms with Gasteiger partial charge in [-0.2, -0.15) is 0 Å². The number of anilines is 1. The largest absolute Gasteiger partial charge is 0.350 e. The molecule has 2 amide bonds. The first-order valence-electron chi connectivity index (χ1n) is 13.2. The number of rotatable bonds is 10. The number of carbonyl (C=O) groups excluding carboxylic acids is 2. The van der Waals surface area contributed by atoms with Crippen LogP contribution in [0, 0.1) is 13.8 Å². The number of hydrogen-bond acceptors (Lipinski definition) is 4. The van der Waals surface area contributed by atoms with Crippen molar-refractivity contribution in [2.75, 3.05) is 17.4 Å². The molecule has 0 aromatic heterocycles. The van der Waals surface area contributed by atoms with Crippen LogP contribution in [0.2, 0.25) is 5.02 Å². The Morgan fingerprint density at radius 3 is 2.15 bits per heavy atom. The molecule has 9 heteroatoms. The summed E-state index contributed by atoms with van der Waals surface area (Å²) < 4.78 is 28.9. The van der Waals surface area contributed by atoms with E-state index in [1.807, 2.05) is 65.0 Å². The van der Waals surface area contributed by atoms with E-state index in [1.165, 1.54) is 17.0 Å². The van der Waals surface area contributed by atoms with Gasteiger partial charge in [-0.3, -0.25) is 13.9 Å². The van der Waals surface area contributed by atoms with Crippen LogP contribution in [0.5, 0.6) is 0 Å². The van der Waals surface area contributed by atoms with Crippen molar-refractivity contribution in [2.45, 2.75) is 64.4 Å². The van der Waals surface area contributed by atoms with Crippen LogP contribution in [0.3, 0.4) is 0 Å². The van der Waals surface area contributed by atoms with Crippen LogP contribution < -0.4 is 9.62 Å². The minimum absolute atomic E-state index is 0.0527. The Kier molecular flexibility index (Phi) is 10.0. The lowest BCUT2D eigenvalue weighted by molar-refractivity contribution is -0.139. The average Bonchev–Trinajstić information content (AvgIpc) is 2.88. The minimum atomic E-state index is -4.14. The lowest BCUT2D eigenvalue weighted by Crippen LogP contribution is -2.55. The molecule has 0 aliphatic carbocycles. The highest BCUT2D eigenvalue weighted by molar-refractivity contribution is 7.92. The van der Waals surface area contributed by atoms with E-state index in [0.717, 1.165) is 21.0 Å². The number of halogens is 1. The van der Waals surface area contributed by atoms with Gasteiger partial charge in [-0.25, -0.2) is 8.42 Å². The van der Waals surface area contributed by atoms with Crippen molar-refractivity contribution in [3.8, 4) is 0 Å². The van der Waals surface area contributed by atoms with E-state index in [2.05, 4.69) is 5.32 Å². The molecule has 0 saturated heterocycles. The molecular weight excluding hydrogens is 546 g/mol. The zero-order valence-corrected chi connectivity index (χ0v) is 25.5. The van der Waals surface area contributed by atoms with Crippen molar-refractivity contribution in [3.05, 3.63) is 94.5 Å². The Morgan fingerprint density at radius 1 is 0.950 bits per heavy atom. The lowest BCUT2D eigenvalue weighted by atomic mass is 10.1. The van der Waals surface area contributed by atoms with Crippen LogP contribution in [-0.2, 0) is 26.0 Å². The SMILES string of the molecule is Cc1ccc(S(=O)(=O)N(CC(=O)N(CCc2ccccc2)[C@@H](C)C(=O)NC(C)(C)C)c2ccc(C)c(Cl)c2)cc1. The molecule has 3 aromatic carbocycles. The van der Waals surface area contributed by atoms with Crippen LogP contribution in [0.15, 0.2) is 77.7 Å². The van der Waals surface area contributed by atoms with Gasteiger partial charge in [-0.15, -0.1) is 0 Å². The maximum Gasteiger partial charge on any atom is 0.264 e. The molecule has 40 heavy (non-hydrogen) atoms. The number of amides is 2. The van der Waals surface area contributed by atoms with Crippen molar-refractivity contribution in [1.29, 1.82) is 0 Å². The first-order valence-corrected chi connectivity index (χ1v) is 15.0. The zero-order chi connectivity index (χ0) is 29.7. The summed E-state index contributed by atoms with van der Waals surface area (Å²) in [4.78, 5) is 28.6. The second kappa shape index (κ2) is 12.9. The molecule has 3 rings (SSSR count).